The van der Waals surface area contributed by atoms with Crippen LogP contribution in [0.3, 0.4) is 0 Å². The minimum atomic E-state index is -0.654. The fourth-order valence-electron chi connectivity index (χ4n) is 3.92. The zero-order valence-electron chi connectivity index (χ0n) is 16.8. The molecule has 1 fully saturated rings. The molecule has 9 heteroatoms. The van der Waals surface area contributed by atoms with Gasteiger partial charge in [0.15, 0.2) is 5.13 Å². The van der Waals surface area contributed by atoms with Crippen molar-refractivity contribution < 1.29 is 18.4 Å². The Balaban J connectivity index is 1.34. The number of aryl methyl sites for hydroxylation is 1. The van der Waals surface area contributed by atoms with Crippen LogP contribution in [0.5, 0.6) is 0 Å². The molecule has 30 heavy (non-hydrogen) atoms. The Morgan fingerprint density at radius 2 is 2.00 bits per heavy atom. The first-order chi connectivity index (χ1) is 14.4. The molecule has 2 aromatic rings. The van der Waals surface area contributed by atoms with E-state index in [0.29, 0.717) is 25.9 Å². The van der Waals surface area contributed by atoms with Crippen LogP contribution >= 0.6 is 11.3 Å². The number of amides is 2. The summed E-state index contributed by atoms with van der Waals surface area (Å²) in [6.45, 7) is 4.56. The van der Waals surface area contributed by atoms with Gasteiger partial charge in [-0.2, -0.15) is 0 Å². The zero-order valence-corrected chi connectivity index (χ0v) is 17.6. The van der Waals surface area contributed by atoms with Crippen LogP contribution in [0.2, 0.25) is 0 Å². The molecule has 160 valence electrons. The normalized spacial score (nSPS) is 18.8. The van der Waals surface area contributed by atoms with Gasteiger partial charge in [0, 0.05) is 62.1 Å². The number of benzene rings is 1. The van der Waals surface area contributed by atoms with E-state index < -0.39 is 11.6 Å². The second-order valence-corrected chi connectivity index (χ2v) is 8.81. The van der Waals surface area contributed by atoms with Gasteiger partial charge in [0.05, 0.1) is 5.69 Å². The highest BCUT2D eigenvalue weighted by Crippen LogP contribution is 2.34. The van der Waals surface area contributed by atoms with E-state index in [-0.39, 0.29) is 29.8 Å². The molecule has 2 aliphatic rings. The lowest BCUT2D eigenvalue weighted by Gasteiger charge is -2.33. The number of piperazine rings is 1. The quantitative estimate of drug-likeness (QED) is 0.803. The predicted molar refractivity (Wildman–Crippen MR) is 110 cm³/mol. The molecule has 1 saturated heterocycles. The molecule has 2 amide bonds. The van der Waals surface area contributed by atoms with Gasteiger partial charge in [-0.15, -0.1) is 11.3 Å². The second kappa shape index (κ2) is 8.67. The third-order valence-corrected chi connectivity index (χ3v) is 6.94. The van der Waals surface area contributed by atoms with Crippen LogP contribution in [0.1, 0.15) is 29.5 Å². The number of hydrogen-bond acceptors (Lipinski definition) is 5. The molecule has 2 heterocycles. The average molecular weight is 435 g/mol. The molecule has 0 unspecified atom stereocenters. The van der Waals surface area contributed by atoms with Crippen molar-refractivity contribution in [2.45, 2.75) is 32.7 Å². The first-order valence-electron chi connectivity index (χ1n) is 10.1. The molecule has 1 atom stereocenters. The summed E-state index contributed by atoms with van der Waals surface area (Å²) in [7, 11) is 0. The van der Waals surface area contributed by atoms with Crippen molar-refractivity contribution in [3.8, 4) is 0 Å². The van der Waals surface area contributed by atoms with Crippen molar-refractivity contribution in [3.05, 3.63) is 46.0 Å². The lowest BCUT2D eigenvalue weighted by Crippen LogP contribution is -2.48. The molecule has 1 N–H and O–H groups in total. The summed E-state index contributed by atoms with van der Waals surface area (Å²) in [5.74, 6) is -1.48. The summed E-state index contributed by atoms with van der Waals surface area (Å²) in [5, 5.41) is 3.74. The lowest BCUT2D eigenvalue weighted by molar-refractivity contribution is -0.129. The van der Waals surface area contributed by atoms with Gasteiger partial charge in [-0.1, -0.05) is 6.07 Å². The Bertz CT molecular complexity index is 956. The van der Waals surface area contributed by atoms with E-state index in [0.717, 1.165) is 41.3 Å². The molecule has 1 aliphatic carbocycles. The molecule has 0 spiro atoms. The first-order valence-corrected chi connectivity index (χ1v) is 10.9. The van der Waals surface area contributed by atoms with Gasteiger partial charge in [-0.3, -0.25) is 9.59 Å². The van der Waals surface area contributed by atoms with E-state index in [1.54, 1.807) is 18.3 Å². The van der Waals surface area contributed by atoms with Crippen molar-refractivity contribution in [1.82, 2.24) is 15.2 Å². The number of carbonyl (C=O) groups excluding carboxylic acids is 2. The van der Waals surface area contributed by atoms with E-state index in [1.165, 1.54) is 12.1 Å². The van der Waals surface area contributed by atoms with Gasteiger partial charge < -0.3 is 15.1 Å². The number of thiazole rings is 1. The first kappa shape index (κ1) is 20.7. The van der Waals surface area contributed by atoms with E-state index in [1.807, 2.05) is 4.90 Å². The van der Waals surface area contributed by atoms with Gasteiger partial charge >= 0.3 is 0 Å². The number of hydrogen-bond donors (Lipinski definition) is 1. The Morgan fingerprint density at radius 1 is 1.23 bits per heavy atom. The highest BCUT2D eigenvalue weighted by atomic mass is 32.1. The summed E-state index contributed by atoms with van der Waals surface area (Å²) >= 11 is 1.62. The van der Waals surface area contributed by atoms with Gasteiger partial charge in [-0.25, -0.2) is 13.8 Å². The van der Waals surface area contributed by atoms with Gasteiger partial charge in [-0.05, 0) is 25.3 Å². The van der Waals surface area contributed by atoms with Crippen LogP contribution in [0, 0.1) is 17.6 Å². The van der Waals surface area contributed by atoms with Crippen molar-refractivity contribution in [3.63, 3.8) is 0 Å². The summed E-state index contributed by atoms with van der Waals surface area (Å²) in [5.41, 5.74) is 1.32. The van der Waals surface area contributed by atoms with Crippen LogP contribution in [-0.2, 0) is 29.0 Å². The monoisotopic (exact) mass is 434 g/mol. The number of halogens is 2. The van der Waals surface area contributed by atoms with Crippen LogP contribution in [-0.4, -0.2) is 47.9 Å². The molecule has 1 aliphatic heterocycles. The van der Waals surface area contributed by atoms with Crippen LogP contribution < -0.4 is 10.2 Å². The maximum atomic E-state index is 13.8. The topological polar surface area (TPSA) is 65.5 Å². The van der Waals surface area contributed by atoms with E-state index in [4.69, 9.17) is 4.98 Å². The number of anilines is 1. The highest BCUT2D eigenvalue weighted by molar-refractivity contribution is 7.15. The number of rotatable bonds is 4. The number of aromatic nitrogens is 1. The average Bonchev–Trinajstić information content (AvgIpc) is 3.16. The molecular weight excluding hydrogens is 410 g/mol. The van der Waals surface area contributed by atoms with Gasteiger partial charge in [0.1, 0.15) is 11.6 Å². The zero-order chi connectivity index (χ0) is 21.3. The number of nitrogens with zero attached hydrogens (tertiary/aromatic N) is 3. The molecule has 4 rings (SSSR count). The summed E-state index contributed by atoms with van der Waals surface area (Å²) in [6, 6.07) is 3.36. The van der Waals surface area contributed by atoms with Crippen molar-refractivity contribution in [1.29, 1.82) is 0 Å². The van der Waals surface area contributed by atoms with Gasteiger partial charge in [0.2, 0.25) is 11.8 Å². The molecule has 1 aromatic carbocycles. The number of fused-ring (bicyclic) bond motifs is 1. The standard InChI is InChI=1S/C21H24F2N4O2S/c1-13(28)26-6-8-27(9-7-26)21-25-18-5-3-14(10-19(18)30-21)20(29)24-12-15-2-4-16(22)11-17(15)23/h2,4,11,14H,3,5-10,12H2,1H3,(H,24,29)/t14-/m0/s1. The lowest BCUT2D eigenvalue weighted by atomic mass is 9.90. The predicted octanol–water partition coefficient (Wildman–Crippen LogP) is 2.51. The van der Waals surface area contributed by atoms with Crippen LogP contribution in [0.25, 0.3) is 0 Å². The van der Waals surface area contributed by atoms with Crippen molar-refractivity contribution >= 4 is 28.3 Å². The summed E-state index contributed by atoms with van der Waals surface area (Å²) < 4.78 is 26.8. The van der Waals surface area contributed by atoms with Crippen molar-refractivity contribution in [2.24, 2.45) is 5.92 Å². The fraction of sp³-hybridized carbons (Fsp3) is 0.476. The third-order valence-electron chi connectivity index (χ3n) is 5.76. The Labute approximate surface area is 177 Å². The van der Waals surface area contributed by atoms with E-state index in [9.17, 15) is 18.4 Å². The smallest absolute Gasteiger partial charge is 0.223 e. The molecular formula is C21H24F2N4O2S. The van der Waals surface area contributed by atoms with Crippen LogP contribution in [0.4, 0.5) is 13.9 Å². The van der Waals surface area contributed by atoms with E-state index >= 15 is 0 Å². The van der Waals surface area contributed by atoms with E-state index in [2.05, 4.69) is 10.2 Å². The summed E-state index contributed by atoms with van der Waals surface area (Å²) in [6.07, 6.45) is 2.06. The second-order valence-electron chi connectivity index (χ2n) is 7.75. The Hall–Kier alpha value is -2.55. The maximum absolute atomic E-state index is 13.8. The molecule has 0 radical (unpaired) electrons. The number of nitrogens with one attached hydrogen (secondary N) is 1. The van der Waals surface area contributed by atoms with Gasteiger partial charge in [0.25, 0.3) is 0 Å². The minimum absolute atomic E-state index is 0.0443. The Kier molecular flexibility index (Phi) is 5.99. The minimum Gasteiger partial charge on any atom is -0.352 e. The maximum Gasteiger partial charge on any atom is 0.223 e. The SMILES string of the molecule is CC(=O)N1CCN(c2nc3c(s2)C[C@@H](C(=O)NCc2ccc(F)cc2F)CC3)CC1. The summed E-state index contributed by atoms with van der Waals surface area (Å²) in [4.78, 5) is 34.0. The van der Waals surface area contributed by atoms with Crippen LogP contribution in [0.15, 0.2) is 18.2 Å². The highest BCUT2D eigenvalue weighted by Gasteiger charge is 2.29. The third kappa shape index (κ3) is 4.45. The molecule has 1 aromatic heterocycles. The Morgan fingerprint density at radius 3 is 2.70 bits per heavy atom. The largest absolute Gasteiger partial charge is 0.352 e. The molecule has 0 saturated carbocycles. The number of carbonyl (C=O) groups is 2. The molecule has 0 bridgehead atoms. The van der Waals surface area contributed by atoms with Crippen molar-refractivity contribution in [2.75, 3.05) is 31.1 Å². The fourth-order valence-corrected chi connectivity index (χ4v) is 5.16. The molecule has 6 nitrogen and oxygen atoms in total.